The standard InChI is InChI=1S/C18H24ClN5O2S/c1-2-21-18(23-12-10-15-5-8-17(19)24-13-15)22-11-9-14-3-6-16(7-4-14)27(20,25)26/h3-8,13H,2,9-12H2,1H3,(H2,20,25,26)(H2,21,22,23). The number of sulfonamides is 1. The summed E-state index contributed by atoms with van der Waals surface area (Å²) in [6, 6.07) is 10.3. The van der Waals surface area contributed by atoms with Crippen molar-refractivity contribution in [2.24, 2.45) is 10.1 Å². The first-order chi connectivity index (χ1) is 12.9. The second kappa shape index (κ2) is 10.2. The number of nitrogens with two attached hydrogens (primary N) is 1. The van der Waals surface area contributed by atoms with Crippen LogP contribution in [0.3, 0.4) is 0 Å². The van der Waals surface area contributed by atoms with Crippen molar-refractivity contribution < 1.29 is 8.42 Å². The van der Waals surface area contributed by atoms with Crippen LogP contribution in [0.15, 0.2) is 52.5 Å². The van der Waals surface area contributed by atoms with Crippen LogP contribution in [-0.2, 0) is 22.9 Å². The number of hydrogen-bond acceptors (Lipinski definition) is 4. The number of aliphatic imine (C=N–C) groups is 1. The van der Waals surface area contributed by atoms with E-state index < -0.39 is 10.0 Å². The maximum absolute atomic E-state index is 11.3. The predicted molar refractivity (Wildman–Crippen MR) is 108 cm³/mol. The van der Waals surface area contributed by atoms with Crippen molar-refractivity contribution in [1.29, 1.82) is 0 Å². The summed E-state index contributed by atoms with van der Waals surface area (Å²) in [4.78, 5) is 8.72. The number of benzene rings is 1. The SMILES string of the molecule is CCNC(=NCCc1ccc(S(N)(=O)=O)cc1)NCCc1ccc(Cl)nc1. The molecule has 0 radical (unpaired) electrons. The normalized spacial score (nSPS) is 12.0. The van der Waals surface area contributed by atoms with Gasteiger partial charge in [0.2, 0.25) is 10.0 Å². The van der Waals surface area contributed by atoms with Gasteiger partial charge in [0.15, 0.2) is 5.96 Å². The van der Waals surface area contributed by atoms with Crippen molar-refractivity contribution in [2.75, 3.05) is 19.6 Å². The molecule has 2 aromatic rings. The Morgan fingerprint density at radius 2 is 1.81 bits per heavy atom. The Morgan fingerprint density at radius 3 is 2.41 bits per heavy atom. The number of rotatable bonds is 8. The van der Waals surface area contributed by atoms with E-state index in [1.165, 1.54) is 12.1 Å². The first-order valence-corrected chi connectivity index (χ1v) is 10.6. The Balaban J connectivity index is 1.84. The average molecular weight is 410 g/mol. The van der Waals surface area contributed by atoms with Gasteiger partial charge in [-0.15, -0.1) is 0 Å². The summed E-state index contributed by atoms with van der Waals surface area (Å²) in [5.74, 6) is 0.737. The number of hydrogen-bond donors (Lipinski definition) is 3. The summed E-state index contributed by atoms with van der Waals surface area (Å²) in [6.07, 6.45) is 3.27. The molecule has 0 amide bonds. The third kappa shape index (κ3) is 7.54. The van der Waals surface area contributed by atoms with E-state index in [0.717, 1.165) is 36.6 Å². The van der Waals surface area contributed by atoms with Gasteiger partial charge in [-0.1, -0.05) is 29.8 Å². The number of aromatic nitrogens is 1. The van der Waals surface area contributed by atoms with E-state index >= 15 is 0 Å². The van der Waals surface area contributed by atoms with E-state index in [9.17, 15) is 8.42 Å². The smallest absolute Gasteiger partial charge is 0.238 e. The van der Waals surface area contributed by atoms with Crippen LogP contribution < -0.4 is 15.8 Å². The molecule has 0 saturated heterocycles. The third-order valence-corrected chi connectivity index (χ3v) is 4.91. The molecule has 0 bridgehead atoms. The lowest BCUT2D eigenvalue weighted by molar-refractivity contribution is 0.598. The minimum absolute atomic E-state index is 0.112. The molecule has 1 aromatic carbocycles. The van der Waals surface area contributed by atoms with Gasteiger partial charge in [0.25, 0.3) is 0 Å². The topological polar surface area (TPSA) is 109 Å². The summed E-state index contributed by atoms with van der Waals surface area (Å²) in [6.45, 7) is 4.06. The van der Waals surface area contributed by atoms with Crippen LogP contribution in [0.25, 0.3) is 0 Å². The first kappa shape index (κ1) is 21.1. The molecule has 0 fully saturated rings. The van der Waals surface area contributed by atoms with E-state index in [1.54, 1.807) is 24.4 Å². The summed E-state index contributed by atoms with van der Waals surface area (Å²) in [5.41, 5.74) is 2.09. The van der Waals surface area contributed by atoms with E-state index in [4.69, 9.17) is 16.7 Å². The van der Waals surface area contributed by atoms with Crippen LogP contribution in [-0.4, -0.2) is 39.0 Å². The van der Waals surface area contributed by atoms with Crippen molar-refractivity contribution in [3.05, 3.63) is 58.9 Å². The monoisotopic (exact) mass is 409 g/mol. The van der Waals surface area contributed by atoms with Crippen molar-refractivity contribution in [1.82, 2.24) is 15.6 Å². The zero-order valence-electron chi connectivity index (χ0n) is 15.2. The van der Waals surface area contributed by atoms with Gasteiger partial charge in [-0.05, 0) is 49.1 Å². The number of nitrogens with one attached hydrogen (secondary N) is 2. The van der Waals surface area contributed by atoms with E-state index in [0.29, 0.717) is 18.1 Å². The zero-order chi connectivity index (χ0) is 19.7. The van der Waals surface area contributed by atoms with Gasteiger partial charge in [0.1, 0.15) is 5.15 Å². The highest BCUT2D eigenvalue weighted by Crippen LogP contribution is 2.09. The maximum atomic E-state index is 11.3. The van der Waals surface area contributed by atoms with Crippen molar-refractivity contribution in [3.8, 4) is 0 Å². The molecule has 4 N–H and O–H groups in total. The predicted octanol–water partition coefficient (Wildman–Crippen LogP) is 1.72. The number of pyridine rings is 1. The molecule has 2 rings (SSSR count). The van der Waals surface area contributed by atoms with Crippen LogP contribution in [0.4, 0.5) is 0 Å². The van der Waals surface area contributed by atoms with Gasteiger partial charge in [-0.3, -0.25) is 4.99 Å². The summed E-state index contributed by atoms with van der Waals surface area (Å²) < 4.78 is 22.5. The largest absolute Gasteiger partial charge is 0.357 e. The van der Waals surface area contributed by atoms with Gasteiger partial charge in [-0.2, -0.15) is 0 Å². The fourth-order valence-electron chi connectivity index (χ4n) is 2.36. The Bertz CT molecular complexity index is 852. The van der Waals surface area contributed by atoms with Gasteiger partial charge in [-0.25, -0.2) is 18.5 Å². The van der Waals surface area contributed by atoms with E-state index in [-0.39, 0.29) is 4.90 Å². The molecule has 9 heteroatoms. The molecule has 7 nitrogen and oxygen atoms in total. The van der Waals surface area contributed by atoms with Crippen LogP contribution in [0.5, 0.6) is 0 Å². The molecule has 146 valence electrons. The van der Waals surface area contributed by atoms with Crippen LogP contribution in [0.1, 0.15) is 18.1 Å². The summed E-state index contributed by atoms with van der Waals surface area (Å²) >= 11 is 5.78. The molecule has 1 aromatic heterocycles. The second-order valence-electron chi connectivity index (χ2n) is 5.87. The van der Waals surface area contributed by atoms with Gasteiger partial charge >= 0.3 is 0 Å². The molecule has 0 spiro atoms. The Kier molecular flexibility index (Phi) is 8.02. The lowest BCUT2D eigenvalue weighted by Crippen LogP contribution is -2.38. The molecule has 1 heterocycles. The van der Waals surface area contributed by atoms with Crippen LogP contribution in [0, 0.1) is 0 Å². The van der Waals surface area contributed by atoms with E-state index in [1.807, 2.05) is 13.0 Å². The van der Waals surface area contributed by atoms with Crippen molar-refractivity contribution >= 4 is 27.6 Å². The van der Waals surface area contributed by atoms with Gasteiger partial charge in [0, 0.05) is 25.8 Å². The average Bonchev–Trinajstić information content (AvgIpc) is 2.63. The highest BCUT2D eigenvalue weighted by Gasteiger charge is 2.06. The molecule has 0 atom stereocenters. The Labute approximate surface area is 165 Å². The number of primary sulfonamides is 1. The highest BCUT2D eigenvalue weighted by atomic mass is 35.5. The molecule has 0 aliphatic carbocycles. The van der Waals surface area contributed by atoms with Gasteiger partial charge < -0.3 is 10.6 Å². The zero-order valence-corrected chi connectivity index (χ0v) is 16.7. The van der Waals surface area contributed by atoms with E-state index in [2.05, 4.69) is 20.6 Å². The minimum Gasteiger partial charge on any atom is -0.357 e. The molecule has 0 aliphatic heterocycles. The quantitative estimate of drug-likeness (QED) is 0.349. The van der Waals surface area contributed by atoms with Gasteiger partial charge in [0.05, 0.1) is 4.90 Å². The number of nitrogens with zero attached hydrogens (tertiary/aromatic N) is 2. The maximum Gasteiger partial charge on any atom is 0.238 e. The molecule has 0 unspecified atom stereocenters. The molecular formula is C18H24ClN5O2S. The molecule has 0 saturated carbocycles. The lowest BCUT2D eigenvalue weighted by Gasteiger charge is -2.11. The first-order valence-electron chi connectivity index (χ1n) is 8.63. The third-order valence-electron chi connectivity index (χ3n) is 3.76. The fraction of sp³-hybridized carbons (Fsp3) is 0.333. The number of halogens is 1. The van der Waals surface area contributed by atoms with Crippen molar-refractivity contribution in [3.63, 3.8) is 0 Å². The Hall–Kier alpha value is -2.16. The molecule has 27 heavy (non-hydrogen) atoms. The number of guanidine groups is 1. The minimum atomic E-state index is -3.66. The molecular weight excluding hydrogens is 386 g/mol. The van der Waals surface area contributed by atoms with Crippen LogP contribution in [0.2, 0.25) is 5.15 Å². The van der Waals surface area contributed by atoms with Crippen molar-refractivity contribution in [2.45, 2.75) is 24.7 Å². The lowest BCUT2D eigenvalue weighted by atomic mass is 10.1. The fourth-order valence-corrected chi connectivity index (χ4v) is 2.99. The summed E-state index contributed by atoms with van der Waals surface area (Å²) in [7, 11) is -3.66. The Morgan fingerprint density at radius 1 is 1.11 bits per heavy atom. The molecule has 0 aliphatic rings. The van der Waals surface area contributed by atoms with Crippen LogP contribution >= 0.6 is 11.6 Å². The highest BCUT2D eigenvalue weighted by molar-refractivity contribution is 7.89. The summed E-state index contributed by atoms with van der Waals surface area (Å²) in [5, 5.41) is 12.1. The second-order valence-corrected chi connectivity index (χ2v) is 7.81.